The highest BCUT2D eigenvalue weighted by atomic mass is 35.5. The number of nitrogens with zero attached hydrogens (tertiary/aromatic N) is 1. The van der Waals surface area contributed by atoms with Gasteiger partial charge in [0.05, 0.1) is 22.6 Å². The average molecular weight is 596 g/mol. The van der Waals surface area contributed by atoms with Crippen LogP contribution in [0.2, 0.25) is 10.0 Å². The van der Waals surface area contributed by atoms with Gasteiger partial charge in [0.25, 0.3) is 0 Å². The summed E-state index contributed by atoms with van der Waals surface area (Å²) in [7, 11) is -3.58. The number of rotatable bonds is 11. The summed E-state index contributed by atoms with van der Waals surface area (Å²) in [5, 5.41) is 11.0. The summed E-state index contributed by atoms with van der Waals surface area (Å²) in [4.78, 5) is 28.3. The van der Waals surface area contributed by atoms with Crippen molar-refractivity contribution in [3.63, 3.8) is 0 Å². The highest BCUT2D eigenvalue weighted by molar-refractivity contribution is 7.91. The molecule has 0 radical (unpaired) electrons. The lowest BCUT2D eigenvalue weighted by Gasteiger charge is -2.52. The second-order valence-corrected chi connectivity index (χ2v) is 14.3. The number of nitrogens with one attached hydrogen (secondary N) is 1. The molecule has 7 nitrogen and oxygen atoms in total. The Morgan fingerprint density at radius 3 is 2.31 bits per heavy atom. The van der Waals surface area contributed by atoms with Crippen LogP contribution in [0.5, 0.6) is 0 Å². The Hall–Kier alpha value is -2.13. The topological polar surface area (TPSA) is 104 Å². The highest BCUT2D eigenvalue weighted by Crippen LogP contribution is 2.53. The van der Waals surface area contributed by atoms with Crippen molar-refractivity contribution in [2.75, 3.05) is 6.54 Å². The summed E-state index contributed by atoms with van der Waals surface area (Å²) in [6, 6.07) is 13.8. The van der Waals surface area contributed by atoms with Crippen LogP contribution in [0.4, 0.5) is 0 Å². The zero-order chi connectivity index (χ0) is 28.6. The summed E-state index contributed by atoms with van der Waals surface area (Å²) in [6.45, 7) is 5.52. The van der Waals surface area contributed by atoms with Crippen LogP contribution in [0.1, 0.15) is 82.4 Å². The van der Waals surface area contributed by atoms with E-state index in [0.29, 0.717) is 42.1 Å². The quantitative estimate of drug-likeness (QED) is 0.323. The molecule has 0 bridgehead atoms. The second-order valence-electron chi connectivity index (χ2n) is 11.1. The van der Waals surface area contributed by atoms with Gasteiger partial charge in [-0.05, 0) is 74.4 Å². The maximum absolute atomic E-state index is 14.5. The van der Waals surface area contributed by atoms with E-state index in [1.165, 1.54) is 0 Å². The molecular formula is C29H36Cl2N2O5S. The van der Waals surface area contributed by atoms with Gasteiger partial charge >= 0.3 is 5.97 Å². The number of likely N-dealkylation sites (tertiary alicyclic amines) is 1. The molecule has 2 aromatic rings. The minimum atomic E-state index is -3.58. The first kappa shape index (κ1) is 29.8. The lowest BCUT2D eigenvalue weighted by molar-refractivity contribution is -0.162. The third kappa shape index (κ3) is 5.99. The smallest absolute Gasteiger partial charge is 0.304 e. The summed E-state index contributed by atoms with van der Waals surface area (Å²) in [5.74, 6) is -1.60. The van der Waals surface area contributed by atoms with Crippen LogP contribution in [0.15, 0.2) is 48.5 Å². The molecule has 10 heteroatoms. The summed E-state index contributed by atoms with van der Waals surface area (Å²) >= 11 is 12.6. The van der Waals surface area contributed by atoms with E-state index in [1.54, 1.807) is 30.0 Å². The molecule has 0 unspecified atom stereocenters. The predicted molar refractivity (Wildman–Crippen MR) is 153 cm³/mol. The zero-order valence-corrected chi connectivity index (χ0v) is 24.8. The Bertz CT molecular complexity index is 1330. The minimum Gasteiger partial charge on any atom is -0.481 e. The molecule has 1 aliphatic carbocycles. The van der Waals surface area contributed by atoms with E-state index in [9.17, 15) is 23.1 Å². The Kier molecular flexibility index (Phi) is 8.72. The number of benzene rings is 2. The second kappa shape index (κ2) is 11.4. The molecule has 1 saturated heterocycles. The minimum absolute atomic E-state index is 0.0411. The monoisotopic (exact) mass is 594 g/mol. The molecule has 1 amide bonds. The van der Waals surface area contributed by atoms with E-state index in [1.807, 2.05) is 44.2 Å². The summed E-state index contributed by atoms with van der Waals surface area (Å²) in [6.07, 6.45) is 2.01. The summed E-state index contributed by atoms with van der Waals surface area (Å²) in [5.41, 5.74) is 0.577. The normalized spacial score (nSPS) is 25.4. The molecule has 212 valence electrons. The highest BCUT2D eigenvalue weighted by Gasteiger charge is 2.54. The Morgan fingerprint density at radius 1 is 1.10 bits per heavy atom. The van der Waals surface area contributed by atoms with Crippen LogP contribution in [0.25, 0.3) is 0 Å². The number of carbonyl (C=O) groups is 2. The van der Waals surface area contributed by atoms with Gasteiger partial charge in [-0.1, -0.05) is 61.3 Å². The van der Waals surface area contributed by atoms with Crippen molar-refractivity contribution in [3.05, 3.63) is 69.7 Å². The largest absolute Gasteiger partial charge is 0.481 e. The molecule has 4 atom stereocenters. The van der Waals surface area contributed by atoms with E-state index < -0.39 is 38.2 Å². The molecule has 0 spiro atoms. The van der Waals surface area contributed by atoms with Gasteiger partial charge in [-0.3, -0.25) is 9.59 Å². The predicted octanol–water partition coefficient (Wildman–Crippen LogP) is 6.17. The van der Waals surface area contributed by atoms with Crippen LogP contribution in [0, 0.1) is 5.41 Å². The molecule has 4 rings (SSSR count). The molecular weight excluding hydrogens is 559 g/mol. The van der Waals surface area contributed by atoms with Crippen molar-refractivity contribution in [3.8, 4) is 0 Å². The first-order valence-electron chi connectivity index (χ1n) is 13.4. The van der Waals surface area contributed by atoms with Gasteiger partial charge in [0, 0.05) is 28.5 Å². The van der Waals surface area contributed by atoms with Gasteiger partial charge in [0.1, 0.15) is 0 Å². The molecule has 2 aromatic carbocycles. The molecule has 2 aliphatic rings. The number of aliphatic carboxylic acids is 1. The fraction of sp³-hybridized carbons (Fsp3) is 0.517. The molecule has 0 aromatic heterocycles. The van der Waals surface area contributed by atoms with Crippen LogP contribution in [0.3, 0.4) is 0 Å². The van der Waals surface area contributed by atoms with Gasteiger partial charge < -0.3 is 10.0 Å². The molecule has 39 heavy (non-hydrogen) atoms. The van der Waals surface area contributed by atoms with Crippen LogP contribution >= 0.6 is 23.2 Å². The first-order valence-corrected chi connectivity index (χ1v) is 15.6. The molecule has 2 N–H and O–H groups in total. The first-order chi connectivity index (χ1) is 18.4. The van der Waals surface area contributed by atoms with Crippen LogP contribution < -0.4 is 4.72 Å². The standard InChI is InChI=1S/C29H36Cl2N2O5S/c1-4-23(18-32-39(37,38)28(3)13-14-28)33-26(19-9-11-21(30)12-10-19)24(20-7-6-8-22(31)15-20)16-29(5-2,27(33)36)17-25(34)35/h6-12,15,23-24,26,32H,4-5,13-14,16-18H2,1-3H3,(H,34,35)/t23-,24+,26+,29+/m0/s1. The SMILES string of the molecule is CC[C@@H](CNS(=O)(=O)C1(C)CC1)N1C(=O)[C@@](CC)(CC(=O)O)C[C@H](c2cccc(Cl)c2)[C@H]1c1ccc(Cl)cc1. The number of piperidine rings is 1. The zero-order valence-electron chi connectivity index (χ0n) is 22.5. The van der Waals surface area contributed by atoms with Crippen LogP contribution in [-0.4, -0.2) is 47.6 Å². The van der Waals surface area contributed by atoms with Crippen molar-refractivity contribution in [1.29, 1.82) is 0 Å². The number of halogens is 2. The molecule has 2 fully saturated rings. The van der Waals surface area contributed by atoms with Crippen molar-refractivity contribution in [2.45, 2.75) is 82.0 Å². The number of hydrogen-bond acceptors (Lipinski definition) is 4. The molecule has 1 aliphatic heterocycles. The van der Waals surface area contributed by atoms with E-state index in [2.05, 4.69) is 4.72 Å². The number of carboxylic acids is 1. The number of amides is 1. The number of carbonyl (C=O) groups excluding carboxylic acids is 1. The van der Waals surface area contributed by atoms with Crippen molar-refractivity contribution in [1.82, 2.24) is 9.62 Å². The van der Waals surface area contributed by atoms with Gasteiger partial charge in [0.2, 0.25) is 15.9 Å². The number of hydrogen-bond donors (Lipinski definition) is 2. The maximum Gasteiger partial charge on any atom is 0.304 e. The van der Waals surface area contributed by atoms with E-state index in [0.717, 1.165) is 11.1 Å². The van der Waals surface area contributed by atoms with Gasteiger partial charge in [0.15, 0.2) is 0 Å². The third-order valence-corrected chi connectivity index (χ3v) is 11.4. The number of carboxylic acid groups (broad SMARTS) is 1. The van der Waals surface area contributed by atoms with Crippen molar-refractivity contribution >= 4 is 45.1 Å². The van der Waals surface area contributed by atoms with Crippen LogP contribution in [-0.2, 0) is 19.6 Å². The van der Waals surface area contributed by atoms with Crippen molar-refractivity contribution in [2.24, 2.45) is 5.41 Å². The fourth-order valence-electron chi connectivity index (χ4n) is 5.82. The van der Waals surface area contributed by atoms with E-state index >= 15 is 0 Å². The Balaban J connectivity index is 1.86. The average Bonchev–Trinajstić information content (AvgIpc) is 3.65. The lowest BCUT2D eigenvalue weighted by atomic mass is 9.65. The van der Waals surface area contributed by atoms with E-state index in [-0.39, 0.29) is 24.8 Å². The molecule has 1 saturated carbocycles. The third-order valence-electron chi connectivity index (χ3n) is 8.61. The lowest BCUT2D eigenvalue weighted by Crippen LogP contribution is -2.59. The van der Waals surface area contributed by atoms with Gasteiger partial charge in [-0.25, -0.2) is 13.1 Å². The Labute approximate surface area is 240 Å². The fourth-order valence-corrected chi connectivity index (χ4v) is 7.54. The Morgan fingerprint density at radius 2 is 1.77 bits per heavy atom. The molecule has 1 heterocycles. The van der Waals surface area contributed by atoms with Gasteiger partial charge in [-0.15, -0.1) is 0 Å². The number of sulfonamides is 1. The van der Waals surface area contributed by atoms with Gasteiger partial charge in [-0.2, -0.15) is 0 Å². The summed E-state index contributed by atoms with van der Waals surface area (Å²) < 4.78 is 28.0. The van der Waals surface area contributed by atoms with Crippen molar-refractivity contribution < 1.29 is 23.1 Å². The maximum atomic E-state index is 14.5. The van der Waals surface area contributed by atoms with E-state index in [4.69, 9.17) is 23.2 Å².